The number of nitrogens with one attached hydrogen (secondary N) is 2. The van der Waals surface area contributed by atoms with Gasteiger partial charge in [-0.3, -0.25) is 9.59 Å². The summed E-state index contributed by atoms with van der Waals surface area (Å²) < 4.78 is 10.1. The Balaban J connectivity index is 1.32. The van der Waals surface area contributed by atoms with Gasteiger partial charge in [-0.15, -0.1) is 0 Å². The van der Waals surface area contributed by atoms with E-state index >= 15 is 0 Å². The zero-order valence-electron chi connectivity index (χ0n) is 19.4. The fraction of sp³-hybridized carbons (Fsp3) is 0.240. The number of hydrogen-bond donors (Lipinski definition) is 2. The van der Waals surface area contributed by atoms with Crippen molar-refractivity contribution in [2.75, 3.05) is 17.7 Å². The molecule has 0 aliphatic rings. The molecule has 9 heteroatoms. The number of aryl methyl sites for hydroxylation is 3. The Morgan fingerprint density at radius 2 is 1.59 bits per heavy atom. The second kappa shape index (κ2) is 9.70. The number of nitrogens with zero attached hydrogens (tertiary/aromatic N) is 3. The Kier molecular flexibility index (Phi) is 6.53. The summed E-state index contributed by atoms with van der Waals surface area (Å²) in [6.45, 7) is 0.744. The van der Waals surface area contributed by atoms with Gasteiger partial charge in [0.1, 0.15) is 11.4 Å². The summed E-state index contributed by atoms with van der Waals surface area (Å²) >= 11 is 0. The van der Waals surface area contributed by atoms with E-state index < -0.39 is 5.97 Å². The van der Waals surface area contributed by atoms with Crippen molar-refractivity contribution < 1.29 is 19.1 Å². The van der Waals surface area contributed by atoms with Crippen molar-refractivity contribution in [1.82, 2.24) is 13.7 Å². The van der Waals surface area contributed by atoms with Gasteiger partial charge in [0.05, 0.1) is 18.5 Å². The maximum absolute atomic E-state index is 12.7. The molecule has 0 bridgehead atoms. The van der Waals surface area contributed by atoms with Crippen LogP contribution in [0.4, 0.5) is 11.4 Å². The van der Waals surface area contributed by atoms with Gasteiger partial charge in [0, 0.05) is 51.2 Å². The molecule has 0 spiro atoms. The molecule has 9 nitrogen and oxygen atoms in total. The van der Waals surface area contributed by atoms with Crippen molar-refractivity contribution in [2.45, 2.75) is 19.4 Å². The van der Waals surface area contributed by atoms with Crippen LogP contribution in [0, 0.1) is 0 Å². The van der Waals surface area contributed by atoms with E-state index in [9.17, 15) is 14.4 Å². The quantitative estimate of drug-likeness (QED) is 0.390. The Hall–Kier alpha value is -4.27. The van der Waals surface area contributed by atoms with E-state index in [1.807, 2.05) is 18.3 Å². The van der Waals surface area contributed by atoms with Gasteiger partial charge in [-0.05, 0) is 36.1 Å². The zero-order valence-corrected chi connectivity index (χ0v) is 19.4. The molecule has 0 atom stereocenters. The highest BCUT2D eigenvalue weighted by Crippen LogP contribution is 2.19. The SMILES string of the molecule is COC(=O)c1cc(NC(=O)c2cc(NC(=O)CCCn3ccc4ccccc43)cn2C)cn1C. The topological polar surface area (TPSA) is 99.3 Å². The molecule has 176 valence electrons. The van der Waals surface area contributed by atoms with Gasteiger partial charge >= 0.3 is 5.97 Å². The van der Waals surface area contributed by atoms with E-state index in [0.717, 1.165) is 12.1 Å². The Morgan fingerprint density at radius 1 is 0.912 bits per heavy atom. The molecule has 0 fully saturated rings. The summed E-state index contributed by atoms with van der Waals surface area (Å²) in [5.74, 6) is -0.957. The number of rotatable bonds is 8. The van der Waals surface area contributed by atoms with Crippen molar-refractivity contribution in [3.63, 3.8) is 0 Å². The minimum absolute atomic E-state index is 0.111. The van der Waals surface area contributed by atoms with Crippen LogP contribution in [-0.4, -0.2) is 38.6 Å². The van der Waals surface area contributed by atoms with Crippen LogP contribution >= 0.6 is 0 Å². The predicted molar refractivity (Wildman–Crippen MR) is 130 cm³/mol. The van der Waals surface area contributed by atoms with Crippen LogP contribution in [0.3, 0.4) is 0 Å². The first-order chi connectivity index (χ1) is 16.4. The van der Waals surface area contributed by atoms with Crippen LogP contribution in [-0.2, 0) is 30.2 Å². The maximum Gasteiger partial charge on any atom is 0.354 e. The van der Waals surface area contributed by atoms with Gasteiger partial charge in [-0.25, -0.2) is 4.79 Å². The molecule has 0 aliphatic carbocycles. The number of carbonyl (C=O) groups excluding carboxylic acids is 3. The third-order valence-corrected chi connectivity index (χ3v) is 5.66. The number of esters is 1. The molecule has 0 aliphatic heterocycles. The molecular formula is C25H27N5O4. The number of anilines is 2. The number of benzene rings is 1. The Morgan fingerprint density at radius 3 is 2.35 bits per heavy atom. The average Bonchev–Trinajstić information content (AvgIpc) is 3.50. The van der Waals surface area contributed by atoms with E-state index in [4.69, 9.17) is 4.74 Å². The molecule has 4 rings (SSSR count). The minimum atomic E-state index is -0.489. The van der Waals surface area contributed by atoms with Crippen molar-refractivity contribution in [2.24, 2.45) is 14.1 Å². The molecule has 3 aromatic heterocycles. The molecule has 34 heavy (non-hydrogen) atoms. The van der Waals surface area contributed by atoms with Gasteiger partial charge < -0.3 is 29.1 Å². The summed E-state index contributed by atoms with van der Waals surface area (Å²) in [7, 11) is 4.72. The highest BCUT2D eigenvalue weighted by atomic mass is 16.5. The lowest BCUT2D eigenvalue weighted by Gasteiger charge is -2.06. The highest BCUT2D eigenvalue weighted by molar-refractivity contribution is 6.05. The molecule has 0 saturated carbocycles. The number of para-hydroxylation sites is 1. The van der Waals surface area contributed by atoms with E-state index in [1.54, 1.807) is 47.8 Å². The number of fused-ring (bicyclic) bond motifs is 1. The molecule has 2 N–H and O–H groups in total. The number of aromatic nitrogens is 3. The van der Waals surface area contributed by atoms with Crippen LogP contribution in [0.5, 0.6) is 0 Å². The standard InChI is InChI=1S/C25H27N5O4/c1-28-15-18(13-21(28)24(32)27-19-14-22(25(33)34-3)29(2)16-19)26-23(31)9-6-11-30-12-10-17-7-4-5-8-20(17)30/h4-5,7-8,10,12-16H,6,9,11H2,1-3H3,(H,26,31)(H,27,32). The smallest absolute Gasteiger partial charge is 0.354 e. The van der Waals surface area contributed by atoms with E-state index in [2.05, 4.69) is 33.4 Å². The fourth-order valence-electron chi connectivity index (χ4n) is 3.96. The Labute approximate surface area is 196 Å². The second-order valence-electron chi connectivity index (χ2n) is 8.12. The third kappa shape index (κ3) is 4.88. The molecule has 1 aromatic carbocycles. The molecule has 0 saturated heterocycles. The van der Waals surface area contributed by atoms with Crippen LogP contribution in [0.2, 0.25) is 0 Å². The summed E-state index contributed by atoms with van der Waals surface area (Å²) in [5.41, 5.74) is 2.87. The summed E-state index contributed by atoms with van der Waals surface area (Å²) in [6, 6.07) is 13.4. The highest BCUT2D eigenvalue weighted by Gasteiger charge is 2.17. The molecule has 4 aromatic rings. The summed E-state index contributed by atoms with van der Waals surface area (Å²) in [4.78, 5) is 36.9. The first-order valence-corrected chi connectivity index (χ1v) is 10.9. The fourth-order valence-corrected chi connectivity index (χ4v) is 3.96. The van der Waals surface area contributed by atoms with Crippen LogP contribution in [0.15, 0.2) is 61.1 Å². The molecule has 2 amide bonds. The van der Waals surface area contributed by atoms with E-state index in [1.165, 1.54) is 12.5 Å². The molecule has 0 unspecified atom stereocenters. The average molecular weight is 462 g/mol. The van der Waals surface area contributed by atoms with E-state index in [-0.39, 0.29) is 11.8 Å². The van der Waals surface area contributed by atoms with Gasteiger partial charge in [0.15, 0.2) is 0 Å². The number of ether oxygens (including phenoxy) is 1. The monoisotopic (exact) mass is 461 g/mol. The Bertz CT molecular complexity index is 1360. The number of carbonyl (C=O) groups is 3. The lowest BCUT2D eigenvalue weighted by molar-refractivity contribution is -0.116. The maximum atomic E-state index is 12.7. The van der Waals surface area contributed by atoms with Crippen molar-refractivity contribution in [3.8, 4) is 0 Å². The largest absolute Gasteiger partial charge is 0.464 e. The van der Waals surface area contributed by atoms with Gasteiger partial charge in [0.25, 0.3) is 5.91 Å². The number of methoxy groups -OCH3 is 1. The summed E-state index contributed by atoms with van der Waals surface area (Å²) in [5, 5.41) is 6.81. The summed E-state index contributed by atoms with van der Waals surface area (Å²) in [6.07, 6.45) is 6.41. The lowest BCUT2D eigenvalue weighted by Crippen LogP contribution is -2.15. The number of amides is 2. The van der Waals surface area contributed by atoms with Crippen molar-refractivity contribution in [3.05, 3.63) is 72.4 Å². The first kappa shape index (κ1) is 22.9. The zero-order chi connectivity index (χ0) is 24.2. The van der Waals surface area contributed by atoms with Crippen molar-refractivity contribution >= 4 is 40.1 Å². The van der Waals surface area contributed by atoms with Crippen LogP contribution in [0.25, 0.3) is 10.9 Å². The molecule has 3 heterocycles. The minimum Gasteiger partial charge on any atom is -0.464 e. The van der Waals surface area contributed by atoms with Gasteiger partial charge in [-0.1, -0.05) is 18.2 Å². The molecular weight excluding hydrogens is 434 g/mol. The lowest BCUT2D eigenvalue weighted by atomic mass is 10.2. The van der Waals surface area contributed by atoms with Crippen molar-refractivity contribution in [1.29, 1.82) is 0 Å². The van der Waals surface area contributed by atoms with Crippen LogP contribution in [0.1, 0.15) is 33.8 Å². The second-order valence-corrected chi connectivity index (χ2v) is 8.12. The number of hydrogen-bond acceptors (Lipinski definition) is 4. The van der Waals surface area contributed by atoms with Crippen LogP contribution < -0.4 is 10.6 Å². The first-order valence-electron chi connectivity index (χ1n) is 10.9. The van der Waals surface area contributed by atoms with E-state index in [0.29, 0.717) is 35.6 Å². The third-order valence-electron chi connectivity index (χ3n) is 5.66. The normalized spacial score (nSPS) is 10.9. The van der Waals surface area contributed by atoms with Gasteiger partial charge in [-0.2, -0.15) is 0 Å². The van der Waals surface area contributed by atoms with Gasteiger partial charge in [0.2, 0.25) is 5.91 Å². The predicted octanol–water partition coefficient (Wildman–Crippen LogP) is 3.78. The molecule has 0 radical (unpaired) electrons.